The smallest absolute Gasteiger partial charge is 0.143 e. The third-order valence-corrected chi connectivity index (χ3v) is 1.70. The summed E-state index contributed by atoms with van der Waals surface area (Å²) in [5.41, 5.74) is 1.24. The molecule has 0 spiro atoms. The van der Waals surface area contributed by atoms with Crippen molar-refractivity contribution in [1.29, 1.82) is 0 Å². The maximum Gasteiger partial charge on any atom is 0.143 e. The van der Waals surface area contributed by atoms with Crippen molar-refractivity contribution < 1.29 is 0 Å². The standard InChI is InChI=1S/C8H15BN2/c1-7(2)3-4-11-6-8(9)5-10-11/h5-7H,3-4,9H2,1-2H3. The SMILES string of the molecule is Bc1cnn(CCC(C)C)c1. The van der Waals surface area contributed by atoms with E-state index >= 15 is 0 Å². The van der Waals surface area contributed by atoms with Gasteiger partial charge in [0, 0.05) is 18.9 Å². The second-order valence-electron chi connectivity index (χ2n) is 3.46. The maximum atomic E-state index is 4.20. The molecule has 0 aromatic carbocycles. The Hall–Kier alpha value is -0.725. The summed E-state index contributed by atoms with van der Waals surface area (Å²) >= 11 is 0. The van der Waals surface area contributed by atoms with Crippen LogP contribution in [0.4, 0.5) is 0 Å². The van der Waals surface area contributed by atoms with Crippen LogP contribution in [0.1, 0.15) is 20.3 Å². The molecule has 0 unspecified atom stereocenters. The summed E-state index contributed by atoms with van der Waals surface area (Å²) in [6.07, 6.45) is 5.20. The van der Waals surface area contributed by atoms with Crippen LogP contribution in [0.25, 0.3) is 0 Å². The highest BCUT2D eigenvalue weighted by Crippen LogP contribution is 2.00. The van der Waals surface area contributed by atoms with Crippen LogP contribution in [-0.2, 0) is 6.54 Å². The molecule has 11 heavy (non-hydrogen) atoms. The van der Waals surface area contributed by atoms with Gasteiger partial charge in [-0.1, -0.05) is 19.3 Å². The van der Waals surface area contributed by atoms with Crippen LogP contribution in [0.3, 0.4) is 0 Å². The monoisotopic (exact) mass is 150 g/mol. The van der Waals surface area contributed by atoms with E-state index in [2.05, 4.69) is 33.0 Å². The van der Waals surface area contributed by atoms with Gasteiger partial charge in [-0.05, 0) is 12.3 Å². The molecule has 0 aliphatic carbocycles. The zero-order valence-corrected chi connectivity index (χ0v) is 7.54. The van der Waals surface area contributed by atoms with Gasteiger partial charge in [-0.25, -0.2) is 0 Å². The van der Waals surface area contributed by atoms with Crippen molar-refractivity contribution in [2.45, 2.75) is 26.8 Å². The van der Waals surface area contributed by atoms with Crippen LogP contribution >= 0.6 is 0 Å². The minimum absolute atomic E-state index is 0.763. The van der Waals surface area contributed by atoms with E-state index in [9.17, 15) is 0 Å². The van der Waals surface area contributed by atoms with Gasteiger partial charge in [0.25, 0.3) is 0 Å². The van der Waals surface area contributed by atoms with Gasteiger partial charge in [0.05, 0.1) is 0 Å². The molecule has 0 radical (unpaired) electrons. The van der Waals surface area contributed by atoms with E-state index in [1.54, 1.807) is 0 Å². The number of hydrogen-bond acceptors (Lipinski definition) is 1. The molecule has 0 aliphatic heterocycles. The highest BCUT2D eigenvalue weighted by atomic mass is 15.3. The lowest BCUT2D eigenvalue weighted by Gasteiger charge is -2.03. The van der Waals surface area contributed by atoms with Crippen LogP contribution in [0.5, 0.6) is 0 Å². The number of rotatable bonds is 3. The molecule has 1 aromatic heterocycles. The predicted octanol–water partition coefficient (Wildman–Crippen LogP) is 0.188. The predicted molar refractivity (Wildman–Crippen MR) is 49.9 cm³/mol. The molecular weight excluding hydrogens is 135 g/mol. The third-order valence-electron chi connectivity index (χ3n) is 1.70. The lowest BCUT2D eigenvalue weighted by atomic mass is 10.0. The Labute approximate surface area is 69.0 Å². The zero-order chi connectivity index (χ0) is 8.27. The Kier molecular flexibility index (Phi) is 2.74. The molecular formula is C8H15BN2. The fourth-order valence-corrected chi connectivity index (χ4v) is 0.980. The second kappa shape index (κ2) is 3.60. The van der Waals surface area contributed by atoms with Gasteiger partial charge in [0.1, 0.15) is 7.85 Å². The fraction of sp³-hybridized carbons (Fsp3) is 0.625. The van der Waals surface area contributed by atoms with Gasteiger partial charge in [-0.3, -0.25) is 4.68 Å². The Bertz CT molecular complexity index is 218. The molecule has 0 saturated carbocycles. The first-order valence-electron chi connectivity index (χ1n) is 4.17. The van der Waals surface area contributed by atoms with Crippen LogP contribution in [0, 0.1) is 5.92 Å². The van der Waals surface area contributed by atoms with E-state index in [1.165, 1.54) is 11.9 Å². The van der Waals surface area contributed by atoms with E-state index in [0.717, 1.165) is 12.5 Å². The van der Waals surface area contributed by atoms with Gasteiger partial charge in [0.15, 0.2) is 0 Å². The van der Waals surface area contributed by atoms with Crippen molar-refractivity contribution in [2.24, 2.45) is 5.92 Å². The van der Waals surface area contributed by atoms with E-state index < -0.39 is 0 Å². The minimum atomic E-state index is 0.763. The van der Waals surface area contributed by atoms with Crippen molar-refractivity contribution in [1.82, 2.24) is 9.78 Å². The van der Waals surface area contributed by atoms with E-state index in [-0.39, 0.29) is 0 Å². The molecule has 0 fully saturated rings. The van der Waals surface area contributed by atoms with Gasteiger partial charge in [-0.15, -0.1) is 0 Å². The molecule has 0 amide bonds. The van der Waals surface area contributed by atoms with Crippen molar-refractivity contribution in [3.63, 3.8) is 0 Å². The Morgan fingerprint density at radius 2 is 2.36 bits per heavy atom. The average molecular weight is 150 g/mol. The number of hydrogen-bond donors (Lipinski definition) is 0. The third kappa shape index (κ3) is 2.79. The van der Waals surface area contributed by atoms with Crippen molar-refractivity contribution in [2.75, 3.05) is 0 Å². The first-order chi connectivity index (χ1) is 5.18. The average Bonchev–Trinajstić information content (AvgIpc) is 2.31. The van der Waals surface area contributed by atoms with Gasteiger partial charge >= 0.3 is 0 Å². The number of nitrogens with zero attached hydrogens (tertiary/aromatic N) is 2. The van der Waals surface area contributed by atoms with Crippen LogP contribution in [-0.4, -0.2) is 17.6 Å². The first-order valence-corrected chi connectivity index (χ1v) is 4.17. The Balaban J connectivity index is 2.39. The van der Waals surface area contributed by atoms with Gasteiger partial charge in [0.2, 0.25) is 0 Å². The topological polar surface area (TPSA) is 17.8 Å². The summed E-state index contributed by atoms with van der Waals surface area (Å²) in [4.78, 5) is 0. The number of aromatic nitrogens is 2. The van der Waals surface area contributed by atoms with E-state index in [4.69, 9.17) is 0 Å². The highest BCUT2D eigenvalue weighted by molar-refractivity contribution is 6.31. The van der Waals surface area contributed by atoms with E-state index in [1.807, 2.05) is 10.9 Å². The zero-order valence-electron chi connectivity index (χ0n) is 7.54. The lowest BCUT2D eigenvalue weighted by molar-refractivity contribution is 0.487. The Morgan fingerprint density at radius 3 is 2.82 bits per heavy atom. The first kappa shape index (κ1) is 8.37. The molecule has 0 aliphatic rings. The summed E-state index contributed by atoms with van der Waals surface area (Å²) in [7, 11) is 2.07. The summed E-state index contributed by atoms with van der Waals surface area (Å²) in [6.45, 7) is 5.51. The van der Waals surface area contributed by atoms with Crippen LogP contribution < -0.4 is 5.46 Å². The molecule has 2 nitrogen and oxygen atoms in total. The van der Waals surface area contributed by atoms with E-state index in [0.29, 0.717) is 0 Å². The summed E-state index contributed by atoms with van der Waals surface area (Å²) in [5, 5.41) is 4.20. The van der Waals surface area contributed by atoms with Crippen molar-refractivity contribution in [3.05, 3.63) is 12.4 Å². The highest BCUT2D eigenvalue weighted by Gasteiger charge is 1.96. The maximum absolute atomic E-state index is 4.20. The lowest BCUT2D eigenvalue weighted by Crippen LogP contribution is -2.03. The molecule has 0 bridgehead atoms. The molecule has 0 N–H and O–H groups in total. The number of aryl methyl sites for hydroxylation is 1. The van der Waals surface area contributed by atoms with Crippen molar-refractivity contribution in [3.8, 4) is 0 Å². The largest absolute Gasteiger partial charge is 0.273 e. The molecule has 1 aromatic rings. The fourth-order valence-electron chi connectivity index (χ4n) is 0.980. The van der Waals surface area contributed by atoms with Crippen LogP contribution in [0.15, 0.2) is 12.4 Å². The van der Waals surface area contributed by atoms with Gasteiger partial charge < -0.3 is 0 Å². The molecule has 0 saturated heterocycles. The molecule has 60 valence electrons. The van der Waals surface area contributed by atoms with Crippen LogP contribution in [0.2, 0.25) is 0 Å². The molecule has 0 atom stereocenters. The summed E-state index contributed by atoms with van der Waals surface area (Å²) in [5.74, 6) is 0.763. The minimum Gasteiger partial charge on any atom is -0.273 e. The molecule has 3 heteroatoms. The van der Waals surface area contributed by atoms with Crippen molar-refractivity contribution >= 4 is 13.3 Å². The second-order valence-corrected chi connectivity index (χ2v) is 3.46. The molecule has 1 heterocycles. The Morgan fingerprint density at radius 1 is 1.64 bits per heavy atom. The normalized spacial score (nSPS) is 10.8. The van der Waals surface area contributed by atoms with Gasteiger partial charge in [-0.2, -0.15) is 5.10 Å². The summed E-state index contributed by atoms with van der Waals surface area (Å²) in [6, 6.07) is 0. The quantitative estimate of drug-likeness (QED) is 0.562. The molecule has 1 rings (SSSR count). The summed E-state index contributed by atoms with van der Waals surface area (Å²) < 4.78 is 2.01.